The van der Waals surface area contributed by atoms with E-state index in [4.69, 9.17) is 16.3 Å². The van der Waals surface area contributed by atoms with Crippen molar-refractivity contribution in [1.82, 2.24) is 10.2 Å². The van der Waals surface area contributed by atoms with Crippen LogP contribution in [0.25, 0.3) is 0 Å². The molecule has 128 valence electrons. The number of rotatable bonds is 6. The lowest BCUT2D eigenvalue weighted by molar-refractivity contribution is -0.142. The zero-order chi connectivity index (χ0) is 17.5. The van der Waals surface area contributed by atoms with E-state index in [0.717, 1.165) is 0 Å². The molecule has 0 saturated carbocycles. The molecule has 0 radical (unpaired) electrons. The van der Waals surface area contributed by atoms with E-state index in [1.165, 1.54) is 23.1 Å². The summed E-state index contributed by atoms with van der Waals surface area (Å²) in [6.07, 6.45) is 0. The fourth-order valence-corrected chi connectivity index (χ4v) is 3.57. The van der Waals surface area contributed by atoms with Gasteiger partial charge >= 0.3 is 12.0 Å². The van der Waals surface area contributed by atoms with Gasteiger partial charge < -0.3 is 10.1 Å². The van der Waals surface area contributed by atoms with Crippen LogP contribution in [0.2, 0.25) is 5.02 Å². The number of carbonyl (C=O) groups excluding carboxylic acids is 2. The number of anilines is 2. The normalized spacial score (nSPS) is 11.6. The molecule has 7 nitrogen and oxygen atoms in total. The highest BCUT2D eigenvalue weighted by atomic mass is 35.5. The van der Waals surface area contributed by atoms with Crippen LogP contribution >= 0.6 is 34.7 Å². The smallest absolute Gasteiger partial charge is 0.325 e. The third-order valence-electron chi connectivity index (χ3n) is 2.63. The lowest BCUT2D eigenvalue weighted by Crippen LogP contribution is -2.19. The number of amides is 2. The number of nitrogens with one attached hydrogen (secondary N) is 2. The van der Waals surface area contributed by atoms with E-state index in [1.54, 1.807) is 38.1 Å². The Morgan fingerprint density at radius 3 is 2.67 bits per heavy atom. The number of hydrogen-bond acceptors (Lipinski definition) is 7. The average molecular weight is 387 g/mol. The van der Waals surface area contributed by atoms with E-state index in [9.17, 15) is 9.59 Å². The van der Waals surface area contributed by atoms with Crippen molar-refractivity contribution in [2.75, 3.05) is 17.2 Å². The number of thioether (sulfide) groups is 1. The van der Waals surface area contributed by atoms with Crippen molar-refractivity contribution in [1.29, 1.82) is 0 Å². The molecule has 24 heavy (non-hydrogen) atoms. The molecule has 1 heterocycles. The van der Waals surface area contributed by atoms with Gasteiger partial charge in [-0.1, -0.05) is 34.7 Å². The van der Waals surface area contributed by atoms with E-state index in [0.29, 0.717) is 26.8 Å². The summed E-state index contributed by atoms with van der Waals surface area (Å²) in [5.41, 5.74) is 0.604. The molecule has 0 fully saturated rings. The van der Waals surface area contributed by atoms with E-state index < -0.39 is 11.3 Å². The Bertz CT molecular complexity index is 708. The van der Waals surface area contributed by atoms with Gasteiger partial charge in [0.1, 0.15) is 5.25 Å². The predicted molar refractivity (Wildman–Crippen MR) is 96.0 cm³/mol. The lowest BCUT2D eigenvalue weighted by Gasteiger charge is -2.07. The van der Waals surface area contributed by atoms with Crippen LogP contribution in [-0.4, -0.2) is 34.1 Å². The molecule has 2 N–H and O–H groups in total. The summed E-state index contributed by atoms with van der Waals surface area (Å²) in [4.78, 5) is 23.5. The van der Waals surface area contributed by atoms with Gasteiger partial charge in [0.2, 0.25) is 5.13 Å². The van der Waals surface area contributed by atoms with Crippen molar-refractivity contribution < 1.29 is 14.3 Å². The molecule has 2 aromatic rings. The first kappa shape index (κ1) is 18.5. The van der Waals surface area contributed by atoms with Crippen LogP contribution < -0.4 is 10.6 Å². The molecule has 0 aliphatic heterocycles. The van der Waals surface area contributed by atoms with Crippen LogP contribution in [0.5, 0.6) is 0 Å². The van der Waals surface area contributed by atoms with Gasteiger partial charge in [-0.3, -0.25) is 10.1 Å². The van der Waals surface area contributed by atoms with Gasteiger partial charge in [0.05, 0.1) is 6.61 Å². The number of nitrogens with zero attached hydrogens (tertiary/aromatic N) is 2. The number of hydrogen-bond donors (Lipinski definition) is 2. The van der Waals surface area contributed by atoms with Crippen molar-refractivity contribution in [2.24, 2.45) is 0 Å². The van der Waals surface area contributed by atoms with E-state index in [2.05, 4.69) is 20.8 Å². The Morgan fingerprint density at radius 2 is 2.00 bits per heavy atom. The van der Waals surface area contributed by atoms with Crippen LogP contribution in [0.3, 0.4) is 0 Å². The fraction of sp³-hybridized carbons (Fsp3) is 0.286. The quantitative estimate of drug-likeness (QED) is 0.444. The molecule has 2 amide bonds. The predicted octanol–water partition coefficient (Wildman–Crippen LogP) is 3.88. The summed E-state index contributed by atoms with van der Waals surface area (Å²) in [6, 6.07) is 6.28. The van der Waals surface area contributed by atoms with Crippen molar-refractivity contribution >= 4 is 57.5 Å². The standard InChI is InChI=1S/C14H15ClN4O3S2/c1-3-22-11(20)8(2)23-14-19-18-13(24-14)17-12(21)16-10-6-4-9(15)5-7-10/h4-8H,3H2,1-2H3,(H2,16,17,18,21)/t8-/m0/s1. The number of esters is 1. The molecule has 2 rings (SSSR count). The number of carbonyl (C=O) groups is 2. The highest BCUT2D eigenvalue weighted by molar-refractivity contribution is 8.02. The second kappa shape index (κ2) is 8.86. The summed E-state index contributed by atoms with van der Waals surface area (Å²) in [5.74, 6) is -0.312. The summed E-state index contributed by atoms with van der Waals surface area (Å²) in [5, 5.41) is 13.6. The minimum Gasteiger partial charge on any atom is -0.465 e. The number of urea groups is 1. The highest BCUT2D eigenvalue weighted by Gasteiger charge is 2.18. The fourth-order valence-electron chi connectivity index (χ4n) is 1.56. The molecule has 1 aromatic heterocycles. The summed E-state index contributed by atoms with van der Waals surface area (Å²) in [7, 11) is 0. The Hall–Kier alpha value is -1.84. The molecule has 0 unspecified atom stereocenters. The number of halogens is 1. The van der Waals surface area contributed by atoms with Crippen LogP contribution in [-0.2, 0) is 9.53 Å². The first-order valence-electron chi connectivity index (χ1n) is 6.98. The maximum Gasteiger partial charge on any atom is 0.325 e. The molecule has 10 heteroatoms. The van der Waals surface area contributed by atoms with Crippen molar-refractivity contribution in [3.63, 3.8) is 0 Å². The number of ether oxygens (including phenoxy) is 1. The van der Waals surface area contributed by atoms with E-state index in [-0.39, 0.29) is 5.97 Å². The van der Waals surface area contributed by atoms with Crippen LogP contribution in [0.15, 0.2) is 28.6 Å². The van der Waals surface area contributed by atoms with Crippen LogP contribution in [0, 0.1) is 0 Å². The largest absolute Gasteiger partial charge is 0.465 e. The van der Waals surface area contributed by atoms with Crippen molar-refractivity contribution in [2.45, 2.75) is 23.4 Å². The third kappa shape index (κ3) is 5.66. The first-order valence-corrected chi connectivity index (χ1v) is 9.05. The molecule has 0 spiro atoms. The molecule has 1 aromatic carbocycles. The zero-order valence-corrected chi connectivity index (χ0v) is 15.3. The number of aromatic nitrogens is 2. The Kier molecular flexibility index (Phi) is 6.83. The monoisotopic (exact) mass is 386 g/mol. The molecule has 0 aliphatic rings. The number of benzene rings is 1. The second-order valence-corrected chi connectivity index (χ2v) is 7.47. The first-order chi connectivity index (χ1) is 11.5. The van der Waals surface area contributed by atoms with Crippen molar-refractivity contribution in [3.05, 3.63) is 29.3 Å². The Morgan fingerprint density at radius 1 is 1.29 bits per heavy atom. The average Bonchev–Trinajstić information content (AvgIpc) is 2.96. The summed E-state index contributed by atoms with van der Waals surface area (Å²) in [6.45, 7) is 3.81. The third-order valence-corrected chi connectivity index (χ3v) is 4.88. The summed E-state index contributed by atoms with van der Waals surface area (Å²) >= 11 is 8.19. The zero-order valence-electron chi connectivity index (χ0n) is 12.9. The molecule has 0 aliphatic carbocycles. The maximum absolute atomic E-state index is 11.9. The molecular weight excluding hydrogens is 372 g/mol. The summed E-state index contributed by atoms with van der Waals surface area (Å²) < 4.78 is 5.50. The van der Waals surface area contributed by atoms with Crippen LogP contribution in [0.1, 0.15) is 13.8 Å². The van der Waals surface area contributed by atoms with Gasteiger partial charge in [0.25, 0.3) is 0 Å². The Labute approximate surface area is 152 Å². The topological polar surface area (TPSA) is 93.2 Å². The minimum absolute atomic E-state index is 0.312. The van der Waals surface area contributed by atoms with Crippen molar-refractivity contribution in [3.8, 4) is 0 Å². The van der Waals surface area contributed by atoms with Crippen LogP contribution in [0.4, 0.5) is 15.6 Å². The Balaban J connectivity index is 1.87. The van der Waals surface area contributed by atoms with Gasteiger partial charge in [0, 0.05) is 10.7 Å². The van der Waals surface area contributed by atoms with Gasteiger partial charge in [-0.25, -0.2) is 4.79 Å². The molecule has 0 bridgehead atoms. The van der Waals surface area contributed by atoms with E-state index in [1.807, 2.05) is 0 Å². The van der Waals surface area contributed by atoms with Gasteiger partial charge in [-0.15, -0.1) is 10.2 Å². The minimum atomic E-state index is -0.441. The molecular formula is C14H15ClN4O3S2. The molecule has 1 atom stereocenters. The maximum atomic E-state index is 11.9. The second-order valence-electron chi connectivity index (χ2n) is 4.47. The molecule has 0 saturated heterocycles. The SMILES string of the molecule is CCOC(=O)[C@H](C)Sc1nnc(NC(=O)Nc2ccc(Cl)cc2)s1. The van der Waals surface area contributed by atoms with Gasteiger partial charge in [0.15, 0.2) is 4.34 Å². The van der Waals surface area contributed by atoms with E-state index >= 15 is 0 Å². The van der Waals surface area contributed by atoms with Gasteiger partial charge in [-0.05, 0) is 38.1 Å². The highest BCUT2D eigenvalue weighted by Crippen LogP contribution is 2.29. The lowest BCUT2D eigenvalue weighted by atomic mass is 10.3. The van der Waals surface area contributed by atoms with Gasteiger partial charge in [-0.2, -0.15) is 0 Å².